The summed E-state index contributed by atoms with van der Waals surface area (Å²) in [5.41, 5.74) is 0.0651. The molecule has 8 nitrogen and oxygen atoms in total. The largest absolute Gasteiger partial charge is 0.478 e. The number of carboxylic acids is 1. The summed E-state index contributed by atoms with van der Waals surface area (Å²) in [6.45, 7) is 1.63. The molecule has 1 saturated heterocycles. The average Bonchev–Trinajstić information content (AvgIpc) is 3.16. The fourth-order valence-electron chi connectivity index (χ4n) is 3.18. The number of amides is 1. The number of fused-ring (bicyclic) bond motifs is 1. The molecule has 1 aliphatic heterocycles. The van der Waals surface area contributed by atoms with Gasteiger partial charge in [-0.25, -0.2) is 9.78 Å². The standard InChI is InChI=1S/C19H17N3O5S/c23-14(21-6-8-27-9-7-21)10-22-16(12-4-2-1-3-5-12)20-17-15(18(22)24)13(11-28-17)19(25)26/h1-5,11H,6-10H2,(H,25,26). The van der Waals surface area contributed by atoms with Crippen molar-refractivity contribution in [1.29, 1.82) is 0 Å². The summed E-state index contributed by atoms with van der Waals surface area (Å²) in [5, 5.41) is 10.8. The van der Waals surface area contributed by atoms with Crippen molar-refractivity contribution in [2.45, 2.75) is 6.54 Å². The van der Waals surface area contributed by atoms with E-state index in [-0.39, 0.29) is 23.4 Å². The Kier molecular flexibility index (Phi) is 4.93. The van der Waals surface area contributed by atoms with Crippen LogP contribution in [-0.2, 0) is 16.1 Å². The van der Waals surface area contributed by atoms with Crippen LogP contribution in [0.3, 0.4) is 0 Å². The molecular weight excluding hydrogens is 382 g/mol. The van der Waals surface area contributed by atoms with Gasteiger partial charge in [0.1, 0.15) is 17.2 Å². The maximum absolute atomic E-state index is 13.2. The van der Waals surface area contributed by atoms with Crippen LogP contribution in [0.1, 0.15) is 10.4 Å². The highest BCUT2D eigenvalue weighted by Gasteiger charge is 2.24. The van der Waals surface area contributed by atoms with Gasteiger partial charge in [-0.05, 0) is 0 Å². The molecule has 1 aliphatic rings. The number of carbonyl (C=O) groups excluding carboxylic acids is 1. The molecule has 0 saturated carbocycles. The number of aromatic nitrogens is 2. The van der Waals surface area contributed by atoms with Crippen LogP contribution in [0.25, 0.3) is 21.6 Å². The Bertz CT molecular complexity index is 1100. The van der Waals surface area contributed by atoms with Gasteiger partial charge in [0.15, 0.2) is 0 Å². The van der Waals surface area contributed by atoms with Crippen LogP contribution in [0.4, 0.5) is 0 Å². The molecule has 1 aromatic carbocycles. The molecule has 1 amide bonds. The number of carbonyl (C=O) groups is 2. The summed E-state index contributed by atoms with van der Waals surface area (Å²) in [6, 6.07) is 9.08. The normalized spacial score (nSPS) is 14.4. The third-order valence-electron chi connectivity index (χ3n) is 4.61. The molecule has 0 aliphatic carbocycles. The van der Waals surface area contributed by atoms with Crippen molar-refractivity contribution in [3.8, 4) is 11.4 Å². The molecule has 3 aromatic rings. The SMILES string of the molecule is O=C(O)c1csc2nc(-c3ccccc3)n(CC(=O)N3CCOCC3)c(=O)c12. The van der Waals surface area contributed by atoms with E-state index in [4.69, 9.17) is 4.74 Å². The van der Waals surface area contributed by atoms with Crippen molar-refractivity contribution in [3.63, 3.8) is 0 Å². The topological polar surface area (TPSA) is 102 Å². The number of rotatable bonds is 4. The Hall–Kier alpha value is -3.04. The second-order valence-electron chi connectivity index (χ2n) is 6.32. The van der Waals surface area contributed by atoms with E-state index < -0.39 is 11.5 Å². The fourth-order valence-corrected chi connectivity index (χ4v) is 4.09. The Morgan fingerprint density at radius 1 is 1.18 bits per heavy atom. The lowest BCUT2D eigenvalue weighted by atomic mass is 10.2. The molecule has 4 rings (SSSR count). The van der Waals surface area contributed by atoms with E-state index in [0.29, 0.717) is 42.5 Å². The van der Waals surface area contributed by atoms with Gasteiger partial charge >= 0.3 is 5.97 Å². The highest BCUT2D eigenvalue weighted by Crippen LogP contribution is 2.25. The second kappa shape index (κ2) is 7.53. The molecular formula is C19H17N3O5S. The van der Waals surface area contributed by atoms with Crippen molar-refractivity contribution in [1.82, 2.24) is 14.5 Å². The zero-order valence-corrected chi connectivity index (χ0v) is 15.6. The summed E-state index contributed by atoms with van der Waals surface area (Å²) >= 11 is 1.10. The summed E-state index contributed by atoms with van der Waals surface area (Å²) in [6.07, 6.45) is 0. The number of aromatic carboxylic acids is 1. The molecule has 0 atom stereocenters. The van der Waals surface area contributed by atoms with Crippen LogP contribution >= 0.6 is 11.3 Å². The molecule has 3 heterocycles. The van der Waals surface area contributed by atoms with Gasteiger partial charge in [0.05, 0.1) is 24.2 Å². The number of nitrogens with zero attached hydrogens (tertiary/aromatic N) is 3. The molecule has 2 aromatic heterocycles. The first kappa shape index (κ1) is 18.3. The van der Waals surface area contributed by atoms with E-state index in [1.54, 1.807) is 17.0 Å². The van der Waals surface area contributed by atoms with Crippen LogP contribution in [0.15, 0.2) is 40.5 Å². The lowest BCUT2D eigenvalue weighted by Crippen LogP contribution is -2.43. The molecule has 0 unspecified atom stereocenters. The van der Waals surface area contributed by atoms with Gasteiger partial charge < -0.3 is 14.7 Å². The van der Waals surface area contributed by atoms with E-state index in [0.717, 1.165) is 11.3 Å². The van der Waals surface area contributed by atoms with E-state index in [2.05, 4.69) is 4.98 Å². The monoisotopic (exact) mass is 399 g/mol. The minimum Gasteiger partial charge on any atom is -0.478 e. The highest BCUT2D eigenvalue weighted by molar-refractivity contribution is 7.17. The summed E-state index contributed by atoms with van der Waals surface area (Å²) in [4.78, 5) is 44.0. The molecule has 0 bridgehead atoms. The molecule has 1 fully saturated rings. The predicted octanol–water partition coefficient (Wildman–Crippen LogP) is 1.68. The van der Waals surface area contributed by atoms with Crippen molar-refractivity contribution in [3.05, 3.63) is 51.6 Å². The number of carboxylic acid groups (broad SMARTS) is 1. The van der Waals surface area contributed by atoms with Crippen LogP contribution in [0, 0.1) is 0 Å². The van der Waals surface area contributed by atoms with Crippen LogP contribution in [0.5, 0.6) is 0 Å². The maximum Gasteiger partial charge on any atom is 0.337 e. The van der Waals surface area contributed by atoms with Gasteiger partial charge in [0.25, 0.3) is 5.56 Å². The lowest BCUT2D eigenvalue weighted by Gasteiger charge is -2.27. The predicted molar refractivity (Wildman–Crippen MR) is 104 cm³/mol. The van der Waals surface area contributed by atoms with Gasteiger partial charge in [-0.3, -0.25) is 14.2 Å². The zero-order chi connectivity index (χ0) is 19.7. The Morgan fingerprint density at radius 2 is 1.89 bits per heavy atom. The van der Waals surface area contributed by atoms with Crippen LogP contribution < -0.4 is 5.56 Å². The summed E-state index contributed by atoms with van der Waals surface area (Å²) in [5.74, 6) is -1.07. The third-order valence-corrected chi connectivity index (χ3v) is 5.49. The van der Waals surface area contributed by atoms with Gasteiger partial charge in [0.2, 0.25) is 5.91 Å². The molecule has 28 heavy (non-hydrogen) atoms. The molecule has 1 N–H and O–H groups in total. The van der Waals surface area contributed by atoms with Gasteiger partial charge in [0, 0.05) is 24.0 Å². The quantitative estimate of drug-likeness (QED) is 0.716. The van der Waals surface area contributed by atoms with Crippen LogP contribution in [-0.4, -0.2) is 57.7 Å². The van der Waals surface area contributed by atoms with E-state index >= 15 is 0 Å². The van der Waals surface area contributed by atoms with Crippen molar-refractivity contribution in [2.75, 3.05) is 26.3 Å². The molecule has 144 valence electrons. The molecule has 0 spiro atoms. The Balaban J connectivity index is 1.86. The number of hydrogen-bond donors (Lipinski definition) is 1. The number of morpholine rings is 1. The Labute approximate surface area is 163 Å². The first-order valence-corrected chi connectivity index (χ1v) is 9.60. The number of hydrogen-bond acceptors (Lipinski definition) is 6. The van der Waals surface area contributed by atoms with Crippen molar-refractivity contribution in [2.24, 2.45) is 0 Å². The zero-order valence-electron chi connectivity index (χ0n) is 14.8. The number of thiophene rings is 1. The van der Waals surface area contributed by atoms with E-state index in [1.807, 2.05) is 18.2 Å². The smallest absolute Gasteiger partial charge is 0.337 e. The summed E-state index contributed by atoms with van der Waals surface area (Å²) < 4.78 is 6.54. The van der Waals surface area contributed by atoms with Crippen molar-refractivity contribution >= 4 is 33.4 Å². The maximum atomic E-state index is 13.2. The first-order valence-electron chi connectivity index (χ1n) is 8.72. The van der Waals surface area contributed by atoms with Gasteiger partial charge in [-0.1, -0.05) is 30.3 Å². The minimum absolute atomic E-state index is 0.0342. The lowest BCUT2D eigenvalue weighted by molar-refractivity contribution is -0.135. The number of benzene rings is 1. The fraction of sp³-hybridized carbons (Fsp3) is 0.263. The number of ether oxygens (including phenoxy) is 1. The van der Waals surface area contributed by atoms with E-state index in [1.165, 1.54) is 9.95 Å². The minimum atomic E-state index is -1.19. The average molecular weight is 399 g/mol. The molecule has 9 heteroatoms. The first-order chi connectivity index (χ1) is 13.6. The Morgan fingerprint density at radius 3 is 2.57 bits per heavy atom. The second-order valence-corrected chi connectivity index (χ2v) is 7.18. The van der Waals surface area contributed by atoms with E-state index in [9.17, 15) is 19.5 Å². The van der Waals surface area contributed by atoms with Crippen molar-refractivity contribution < 1.29 is 19.4 Å². The van der Waals surface area contributed by atoms with Gasteiger partial charge in [-0.15, -0.1) is 11.3 Å². The van der Waals surface area contributed by atoms with Crippen LogP contribution in [0.2, 0.25) is 0 Å². The third kappa shape index (κ3) is 3.30. The molecule has 0 radical (unpaired) electrons. The van der Waals surface area contributed by atoms with Gasteiger partial charge in [-0.2, -0.15) is 0 Å². The summed E-state index contributed by atoms with van der Waals surface area (Å²) in [7, 11) is 0. The highest BCUT2D eigenvalue weighted by atomic mass is 32.1.